The fourth-order valence-electron chi connectivity index (χ4n) is 1.52. The molecular weight excluding hydrogens is 276 g/mol. The molecular formula is C13H22N4O2S. The van der Waals surface area contributed by atoms with Gasteiger partial charge in [0, 0.05) is 13.1 Å². The van der Waals surface area contributed by atoms with Gasteiger partial charge in [0.2, 0.25) is 10.0 Å². The molecule has 0 heterocycles. The van der Waals surface area contributed by atoms with Crippen molar-refractivity contribution in [1.29, 1.82) is 0 Å². The maximum absolute atomic E-state index is 11.1. The highest BCUT2D eigenvalue weighted by Gasteiger charge is 2.06. The van der Waals surface area contributed by atoms with Gasteiger partial charge in [-0.15, -0.1) is 0 Å². The number of nitrogens with two attached hydrogens (primary N) is 2. The fraction of sp³-hybridized carbons (Fsp3) is 0.462. The van der Waals surface area contributed by atoms with Gasteiger partial charge in [-0.2, -0.15) is 0 Å². The maximum Gasteiger partial charge on any atom is 0.238 e. The van der Waals surface area contributed by atoms with Crippen LogP contribution < -0.4 is 16.2 Å². The van der Waals surface area contributed by atoms with Crippen LogP contribution in [0.3, 0.4) is 0 Å². The number of hydrogen-bond donors (Lipinski definition) is 3. The Hall–Kier alpha value is -1.60. The van der Waals surface area contributed by atoms with Gasteiger partial charge in [-0.3, -0.25) is 4.99 Å². The fourth-order valence-corrected chi connectivity index (χ4v) is 2.03. The zero-order valence-electron chi connectivity index (χ0n) is 11.8. The third kappa shape index (κ3) is 6.03. The molecule has 7 heteroatoms. The molecule has 0 saturated heterocycles. The molecule has 0 aromatic heterocycles. The average molecular weight is 298 g/mol. The second-order valence-corrected chi connectivity index (χ2v) is 6.55. The third-order valence-electron chi connectivity index (χ3n) is 2.60. The molecule has 0 bridgehead atoms. The molecule has 0 saturated carbocycles. The molecule has 0 fully saturated rings. The van der Waals surface area contributed by atoms with Crippen molar-refractivity contribution in [2.75, 3.05) is 13.1 Å². The molecule has 1 aromatic carbocycles. The van der Waals surface area contributed by atoms with E-state index in [4.69, 9.17) is 10.9 Å². The van der Waals surface area contributed by atoms with E-state index in [1.165, 1.54) is 12.1 Å². The van der Waals surface area contributed by atoms with E-state index in [-0.39, 0.29) is 4.90 Å². The summed E-state index contributed by atoms with van der Waals surface area (Å²) in [5.74, 6) is 0.904. The highest BCUT2D eigenvalue weighted by atomic mass is 32.2. The molecule has 0 radical (unpaired) electrons. The zero-order valence-corrected chi connectivity index (χ0v) is 12.7. The minimum absolute atomic E-state index is 0.118. The molecule has 5 N–H and O–H groups in total. The average Bonchev–Trinajstić information content (AvgIpc) is 2.36. The van der Waals surface area contributed by atoms with Crippen molar-refractivity contribution in [3.05, 3.63) is 29.8 Å². The van der Waals surface area contributed by atoms with Crippen LogP contribution in [0, 0.1) is 5.92 Å². The largest absolute Gasteiger partial charge is 0.370 e. The Labute approximate surface area is 120 Å². The molecule has 1 aromatic rings. The van der Waals surface area contributed by atoms with Gasteiger partial charge in [-0.05, 0) is 30.0 Å². The predicted octanol–water partition coefficient (Wildman–Crippen LogP) is 0.437. The van der Waals surface area contributed by atoms with Crippen molar-refractivity contribution in [2.45, 2.75) is 25.2 Å². The number of benzene rings is 1. The van der Waals surface area contributed by atoms with Gasteiger partial charge in [-0.1, -0.05) is 26.0 Å². The molecule has 6 nitrogen and oxygen atoms in total. The molecule has 0 amide bonds. The number of sulfonamides is 1. The lowest BCUT2D eigenvalue weighted by Crippen LogP contribution is -2.33. The Morgan fingerprint density at radius 3 is 2.40 bits per heavy atom. The van der Waals surface area contributed by atoms with Crippen LogP contribution in [0.4, 0.5) is 0 Å². The molecule has 20 heavy (non-hydrogen) atoms. The molecule has 0 aliphatic heterocycles. The Balaban J connectivity index is 2.45. The lowest BCUT2D eigenvalue weighted by Gasteiger charge is -2.07. The summed E-state index contributed by atoms with van der Waals surface area (Å²) in [7, 11) is -3.62. The lowest BCUT2D eigenvalue weighted by molar-refractivity contribution is 0.598. The topological polar surface area (TPSA) is 111 Å². The number of hydrogen-bond acceptors (Lipinski definition) is 3. The predicted molar refractivity (Wildman–Crippen MR) is 80.8 cm³/mol. The number of nitrogens with zero attached hydrogens (tertiary/aromatic N) is 1. The van der Waals surface area contributed by atoms with E-state index in [9.17, 15) is 8.42 Å². The minimum atomic E-state index is -3.62. The summed E-state index contributed by atoms with van der Waals surface area (Å²) in [4.78, 5) is 4.31. The van der Waals surface area contributed by atoms with Crippen LogP contribution in [-0.2, 0) is 16.4 Å². The van der Waals surface area contributed by atoms with Crippen molar-refractivity contribution in [1.82, 2.24) is 5.32 Å². The summed E-state index contributed by atoms with van der Waals surface area (Å²) >= 11 is 0. The van der Waals surface area contributed by atoms with Crippen molar-refractivity contribution >= 4 is 16.0 Å². The van der Waals surface area contributed by atoms with Gasteiger partial charge in [0.05, 0.1) is 4.90 Å². The second-order valence-electron chi connectivity index (χ2n) is 4.99. The summed E-state index contributed by atoms with van der Waals surface area (Å²) in [6.07, 6.45) is 0.725. The Bertz CT molecular complexity index is 550. The monoisotopic (exact) mass is 298 g/mol. The quantitative estimate of drug-likeness (QED) is 0.522. The van der Waals surface area contributed by atoms with Crippen LogP contribution in [0.1, 0.15) is 19.4 Å². The van der Waals surface area contributed by atoms with Gasteiger partial charge in [0.1, 0.15) is 0 Å². The van der Waals surface area contributed by atoms with Gasteiger partial charge >= 0.3 is 0 Å². The smallest absolute Gasteiger partial charge is 0.238 e. The van der Waals surface area contributed by atoms with E-state index >= 15 is 0 Å². The Morgan fingerprint density at radius 2 is 1.90 bits per heavy atom. The Morgan fingerprint density at radius 1 is 1.30 bits per heavy atom. The first kappa shape index (κ1) is 16.5. The van der Waals surface area contributed by atoms with Crippen LogP contribution in [0.15, 0.2) is 34.2 Å². The molecule has 112 valence electrons. The van der Waals surface area contributed by atoms with Gasteiger partial charge in [0.25, 0.3) is 0 Å². The van der Waals surface area contributed by atoms with E-state index in [0.717, 1.165) is 12.0 Å². The van der Waals surface area contributed by atoms with Crippen molar-refractivity contribution < 1.29 is 8.42 Å². The first-order valence-electron chi connectivity index (χ1n) is 6.44. The van der Waals surface area contributed by atoms with Crippen LogP contribution in [0.5, 0.6) is 0 Å². The van der Waals surface area contributed by atoms with Crippen molar-refractivity contribution in [3.8, 4) is 0 Å². The van der Waals surface area contributed by atoms with E-state index < -0.39 is 10.0 Å². The van der Waals surface area contributed by atoms with E-state index in [0.29, 0.717) is 25.0 Å². The Kier molecular flexibility index (Phi) is 5.97. The second kappa shape index (κ2) is 7.25. The first-order valence-corrected chi connectivity index (χ1v) is 7.99. The van der Waals surface area contributed by atoms with Gasteiger partial charge < -0.3 is 11.1 Å². The number of guanidine groups is 1. The number of rotatable bonds is 6. The standard InChI is InChI=1S/C13H22N4O2S/c1-10(2)9-17-13(14)16-8-7-11-3-5-12(6-4-11)20(15,18)19/h3-6,10H,7-9H2,1-2H3,(H3,14,16,17)(H2,15,18,19). The normalized spacial score (nSPS) is 12.7. The maximum atomic E-state index is 11.1. The highest BCUT2D eigenvalue weighted by Crippen LogP contribution is 2.08. The zero-order chi connectivity index (χ0) is 15.2. The number of primary sulfonamides is 1. The number of nitrogens with one attached hydrogen (secondary N) is 1. The SMILES string of the molecule is CC(C)CN=C(N)NCCc1ccc(S(N)(=O)=O)cc1. The third-order valence-corrected chi connectivity index (χ3v) is 3.53. The van der Waals surface area contributed by atoms with Crippen molar-refractivity contribution in [3.63, 3.8) is 0 Å². The summed E-state index contributed by atoms with van der Waals surface area (Å²) in [5.41, 5.74) is 6.71. The van der Waals surface area contributed by atoms with Crippen molar-refractivity contribution in [2.24, 2.45) is 21.8 Å². The summed E-state index contributed by atoms with van der Waals surface area (Å²) in [6, 6.07) is 6.48. The lowest BCUT2D eigenvalue weighted by atomic mass is 10.1. The molecule has 0 unspecified atom stereocenters. The first-order chi connectivity index (χ1) is 9.29. The highest BCUT2D eigenvalue weighted by molar-refractivity contribution is 7.89. The van der Waals surface area contributed by atoms with E-state index in [2.05, 4.69) is 24.2 Å². The molecule has 0 aliphatic carbocycles. The van der Waals surface area contributed by atoms with Crippen LogP contribution in [0.25, 0.3) is 0 Å². The van der Waals surface area contributed by atoms with Crippen LogP contribution in [-0.4, -0.2) is 27.5 Å². The molecule has 0 aliphatic rings. The summed E-state index contributed by atoms with van der Waals surface area (Å²) in [5, 5.41) is 8.05. The summed E-state index contributed by atoms with van der Waals surface area (Å²) < 4.78 is 22.2. The van der Waals surface area contributed by atoms with Crippen LogP contribution >= 0.6 is 0 Å². The minimum Gasteiger partial charge on any atom is -0.370 e. The van der Waals surface area contributed by atoms with E-state index in [1.54, 1.807) is 12.1 Å². The van der Waals surface area contributed by atoms with Gasteiger partial charge in [0.15, 0.2) is 5.96 Å². The molecule has 0 spiro atoms. The molecule has 1 rings (SSSR count). The van der Waals surface area contributed by atoms with Crippen LogP contribution in [0.2, 0.25) is 0 Å². The van der Waals surface area contributed by atoms with E-state index in [1.807, 2.05) is 0 Å². The van der Waals surface area contributed by atoms with Gasteiger partial charge in [-0.25, -0.2) is 13.6 Å². The molecule has 0 atom stereocenters. The number of aliphatic imine (C=N–C) groups is 1. The summed E-state index contributed by atoms with van der Waals surface area (Å²) in [6.45, 7) is 5.48.